The van der Waals surface area contributed by atoms with E-state index in [0.29, 0.717) is 19.0 Å². The van der Waals surface area contributed by atoms with Gasteiger partial charge in [-0.05, 0) is 36.8 Å². The van der Waals surface area contributed by atoms with Crippen LogP contribution in [0, 0.1) is 6.92 Å². The van der Waals surface area contributed by atoms with Crippen molar-refractivity contribution < 1.29 is 9.90 Å². The Balaban J connectivity index is 2.15. The van der Waals surface area contributed by atoms with E-state index in [1.807, 2.05) is 19.1 Å². The van der Waals surface area contributed by atoms with Crippen LogP contribution in [0.5, 0.6) is 0 Å². The molecule has 1 aromatic carbocycles. The molecule has 2 rings (SSSR count). The maximum Gasteiger partial charge on any atom is 0.321 e. The summed E-state index contributed by atoms with van der Waals surface area (Å²) in [5.41, 5.74) is 3.13. The summed E-state index contributed by atoms with van der Waals surface area (Å²) in [4.78, 5) is 14.0. The van der Waals surface area contributed by atoms with Gasteiger partial charge in [0, 0.05) is 18.8 Å². The molecule has 110 valence electrons. The van der Waals surface area contributed by atoms with Crippen molar-refractivity contribution in [1.82, 2.24) is 4.90 Å². The van der Waals surface area contributed by atoms with Gasteiger partial charge in [-0.15, -0.1) is 0 Å². The molecule has 4 nitrogen and oxygen atoms in total. The van der Waals surface area contributed by atoms with Crippen molar-refractivity contribution in [3.8, 4) is 0 Å². The molecule has 1 aliphatic heterocycles. The van der Waals surface area contributed by atoms with Crippen molar-refractivity contribution in [1.29, 1.82) is 0 Å². The molecule has 1 aliphatic rings. The number of β-amino-alcohol motifs (C(OH)–C–C–N with tert-alkyl or cyclic N) is 1. The first kappa shape index (κ1) is 14.9. The van der Waals surface area contributed by atoms with E-state index in [9.17, 15) is 9.90 Å². The highest BCUT2D eigenvalue weighted by atomic mass is 16.3. The van der Waals surface area contributed by atoms with Crippen LogP contribution >= 0.6 is 0 Å². The van der Waals surface area contributed by atoms with Crippen LogP contribution in [0.2, 0.25) is 0 Å². The molecule has 2 N–H and O–H groups in total. The zero-order valence-electron chi connectivity index (χ0n) is 12.5. The van der Waals surface area contributed by atoms with Crippen LogP contribution in [0.25, 0.3) is 0 Å². The Bertz CT molecular complexity index is 485. The van der Waals surface area contributed by atoms with Crippen molar-refractivity contribution >= 4 is 11.7 Å². The number of aryl methyl sites for hydroxylation is 1. The second-order valence-electron chi connectivity index (χ2n) is 5.87. The number of amides is 2. The summed E-state index contributed by atoms with van der Waals surface area (Å²) in [5, 5.41) is 12.7. The summed E-state index contributed by atoms with van der Waals surface area (Å²) in [6.07, 6.45) is 1.25. The largest absolute Gasteiger partial charge is 0.391 e. The molecule has 1 aromatic rings. The van der Waals surface area contributed by atoms with E-state index < -0.39 is 6.10 Å². The van der Waals surface area contributed by atoms with Crippen molar-refractivity contribution in [2.24, 2.45) is 0 Å². The average Bonchev–Trinajstić information content (AvgIpc) is 2.40. The summed E-state index contributed by atoms with van der Waals surface area (Å²) >= 11 is 0. The lowest BCUT2D eigenvalue weighted by molar-refractivity contribution is 0.0883. The fraction of sp³-hybridized carbons (Fsp3) is 0.562. The Morgan fingerprint density at radius 3 is 2.85 bits per heavy atom. The number of aliphatic hydroxyl groups is 1. The number of aliphatic hydroxyl groups excluding tert-OH is 1. The van der Waals surface area contributed by atoms with Gasteiger partial charge in [0.2, 0.25) is 0 Å². The van der Waals surface area contributed by atoms with E-state index in [-0.39, 0.29) is 6.03 Å². The molecule has 1 saturated heterocycles. The number of likely N-dealkylation sites (tertiary alicyclic amines) is 1. The molecule has 1 fully saturated rings. The number of benzene rings is 1. The van der Waals surface area contributed by atoms with E-state index >= 15 is 0 Å². The number of piperidine rings is 1. The number of para-hydroxylation sites is 1. The van der Waals surface area contributed by atoms with Crippen molar-refractivity contribution in [3.63, 3.8) is 0 Å². The van der Waals surface area contributed by atoms with E-state index in [0.717, 1.165) is 29.7 Å². The minimum atomic E-state index is -0.393. The molecule has 0 spiro atoms. The minimum absolute atomic E-state index is 0.111. The van der Waals surface area contributed by atoms with Crippen LogP contribution in [0.15, 0.2) is 18.2 Å². The third-order valence-corrected chi connectivity index (χ3v) is 3.84. The van der Waals surface area contributed by atoms with Gasteiger partial charge < -0.3 is 15.3 Å². The Labute approximate surface area is 120 Å². The van der Waals surface area contributed by atoms with Crippen LogP contribution in [0.1, 0.15) is 43.7 Å². The van der Waals surface area contributed by atoms with Gasteiger partial charge in [-0.3, -0.25) is 0 Å². The molecule has 2 amide bonds. The summed E-state index contributed by atoms with van der Waals surface area (Å²) in [7, 11) is 0. The van der Waals surface area contributed by atoms with Crippen molar-refractivity contribution in [2.45, 2.75) is 45.6 Å². The first-order chi connectivity index (χ1) is 9.49. The Morgan fingerprint density at radius 2 is 2.20 bits per heavy atom. The normalized spacial score (nSPS) is 19.2. The average molecular weight is 276 g/mol. The number of hydrogen-bond donors (Lipinski definition) is 2. The molecule has 1 unspecified atom stereocenters. The molecule has 0 saturated carbocycles. The van der Waals surface area contributed by atoms with E-state index in [1.54, 1.807) is 4.90 Å². The number of hydrogen-bond acceptors (Lipinski definition) is 2. The molecule has 0 bridgehead atoms. The zero-order valence-corrected chi connectivity index (χ0v) is 12.5. The number of carbonyl (C=O) groups is 1. The van der Waals surface area contributed by atoms with Crippen LogP contribution in [-0.2, 0) is 0 Å². The van der Waals surface area contributed by atoms with Crippen LogP contribution in [0.3, 0.4) is 0 Å². The monoisotopic (exact) mass is 276 g/mol. The van der Waals surface area contributed by atoms with E-state index in [4.69, 9.17) is 0 Å². The van der Waals surface area contributed by atoms with Gasteiger partial charge >= 0.3 is 6.03 Å². The van der Waals surface area contributed by atoms with Gasteiger partial charge in [-0.2, -0.15) is 0 Å². The SMILES string of the molecule is Cc1cccc(C(C)C)c1NC(=O)N1CCCC(O)C1. The molecule has 20 heavy (non-hydrogen) atoms. The molecular formula is C16H24N2O2. The second-order valence-corrected chi connectivity index (χ2v) is 5.87. The molecule has 0 radical (unpaired) electrons. The molecule has 1 heterocycles. The van der Waals surface area contributed by atoms with Crippen LogP contribution < -0.4 is 5.32 Å². The van der Waals surface area contributed by atoms with Crippen LogP contribution in [-0.4, -0.2) is 35.2 Å². The lowest BCUT2D eigenvalue weighted by Crippen LogP contribution is -2.44. The highest BCUT2D eigenvalue weighted by molar-refractivity contribution is 5.91. The highest BCUT2D eigenvalue weighted by Crippen LogP contribution is 2.27. The topological polar surface area (TPSA) is 52.6 Å². The third kappa shape index (κ3) is 3.31. The number of nitrogens with zero attached hydrogens (tertiary/aromatic N) is 1. The maximum absolute atomic E-state index is 12.3. The lowest BCUT2D eigenvalue weighted by Gasteiger charge is -2.30. The van der Waals surface area contributed by atoms with Crippen molar-refractivity contribution in [2.75, 3.05) is 18.4 Å². The molecule has 4 heteroatoms. The quantitative estimate of drug-likeness (QED) is 0.872. The fourth-order valence-corrected chi connectivity index (χ4v) is 2.67. The molecular weight excluding hydrogens is 252 g/mol. The first-order valence-electron chi connectivity index (χ1n) is 7.32. The van der Waals surface area contributed by atoms with E-state index in [2.05, 4.69) is 25.2 Å². The number of carbonyl (C=O) groups excluding carboxylic acids is 1. The summed E-state index contributed by atoms with van der Waals surface area (Å²) in [5.74, 6) is 0.358. The maximum atomic E-state index is 12.3. The van der Waals surface area contributed by atoms with Gasteiger partial charge in [-0.25, -0.2) is 4.79 Å². The van der Waals surface area contributed by atoms with E-state index in [1.165, 1.54) is 0 Å². The lowest BCUT2D eigenvalue weighted by atomic mass is 9.98. The van der Waals surface area contributed by atoms with Gasteiger partial charge in [0.1, 0.15) is 0 Å². The summed E-state index contributed by atoms with van der Waals surface area (Å²) in [6.45, 7) is 7.39. The number of rotatable bonds is 2. The predicted molar refractivity (Wildman–Crippen MR) is 81.1 cm³/mol. The first-order valence-corrected chi connectivity index (χ1v) is 7.32. The number of urea groups is 1. The fourth-order valence-electron chi connectivity index (χ4n) is 2.67. The second kappa shape index (κ2) is 6.27. The Morgan fingerprint density at radius 1 is 1.45 bits per heavy atom. The summed E-state index contributed by atoms with van der Waals surface area (Å²) in [6, 6.07) is 5.97. The Hall–Kier alpha value is -1.55. The van der Waals surface area contributed by atoms with Gasteiger partial charge in [-0.1, -0.05) is 32.0 Å². The summed E-state index contributed by atoms with van der Waals surface area (Å²) < 4.78 is 0. The molecule has 0 aliphatic carbocycles. The predicted octanol–water partition coefficient (Wildman–Crippen LogP) is 3.11. The minimum Gasteiger partial charge on any atom is -0.391 e. The number of nitrogens with one attached hydrogen (secondary N) is 1. The standard InChI is InChI=1S/C16H24N2O2/c1-11(2)14-8-4-6-12(3)15(14)17-16(20)18-9-5-7-13(19)10-18/h4,6,8,11,13,19H,5,7,9-10H2,1-3H3,(H,17,20). The zero-order chi connectivity index (χ0) is 14.7. The number of anilines is 1. The van der Waals surface area contributed by atoms with Crippen molar-refractivity contribution in [3.05, 3.63) is 29.3 Å². The molecule has 0 aromatic heterocycles. The van der Waals surface area contributed by atoms with Gasteiger partial charge in [0.15, 0.2) is 0 Å². The Kier molecular flexibility index (Phi) is 4.65. The molecule has 1 atom stereocenters. The third-order valence-electron chi connectivity index (χ3n) is 3.84. The smallest absolute Gasteiger partial charge is 0.321 e. The van der Waals surface area contributed by atoms with Gasteiger partial charge in [0.25, 0.3) is 0 Å². The van der Waals surface area contributed by atoms with Gasteiger partial charge in [0.05, 0.1) is 6.10 Å². The van der Waals surface area contributed by atoms with Crippen LogP contribution in [0.4, 0.5) is 10.5 Å². The highest BCUT2D eigenvalue weighted by Gasteiger charge is 2.23.